The van der Waals surface area contributed by atoms with E-state index >= 15 is 0 Å². The van der Waals surface area contributed by atoms with Crippen LogP contribution in [0, 0.1) is 5.82 Å². The number of benzene rings is 4. The fraction of sp³-hybridized carbons (Fsp3) is 0.0690. The van der Waals surface area contributed by atoms with Gasteiger partial charge in [-0.3, -0.25) is 14.9 Å². The van der Waals surface area contributed by atoms with E-state index in [4.69, 9.17) is 28.6 Å². The highest BCUT2D eigenvalue weighted by Crippen LogP contribution is 2.20. The summed E-state index contributed by atoms with van der Waals surface area (Å²) in [6.45, 7) is 0.479. The van der Waals surface area contributed by atoms with Gasteiger partial charge in [-0.15, -0.1) is 0 Å². The number of halogens is 2. The van der Waals surface area contributed by atoms with E-state index in [1.807, 2.05) is 30.3 Å². The highest BCUT2D eigenvalue weighted by molar-refractivity contribution is 7.80. The van der Waals surface area contributed by atoms with Crippen LogP contribution in [-0.2, 0) is 6.42 Å². The lowest BCUT2D eigenvalue weighted by Crippen LogP contribution is -2.34. The second-order valence-electron chi connectivity index (χ2n) is 8.18. The molecule has 0 atom stereocenters. The van der Waals surface area contributed by atoms with Gasteiger partial charge in [-0.2, -0.15) is 0 Å². The minimum Gasteiger partial charge on any atom is -0.493 e. The van der Waals surface area contributed by atoms with E-state index in [0.717, 1.165) is 6.42 Å². The van der Waals surface area contributed by atoms with Gasteiger partial charge in [0.25, 0.3) is 11.8 Å². The maximum atomic E-state index is 13.4. The molecule has 0 fully saturated rings. The molecule has 0 unspecified atom stereocenters. The van der Waals surface area contributed by atoms with Gasteiger partial charge in [-0.05, 0) is 72.4 Å². The molecule has 0 aliphatic heterocycles. The molecule has 38 heavy (non-hydrogen) atoms. The number of rotatable bonds is 8. The van der Waals surface area contributed by atoms with E-state index in [1.165, 1.54) is 23.8 Å². The number of ether oxygens (including phenoxy) is 1. The molecule has 0 aliphatic rings. The Morgan fingerprint density at radius 3 is 2.26 bits per heavy atom. The Morgan fingerprint density at radius 2 is 1.50 bits per heavy atom. The average molecular weight is 548 g/mol. The van der Waals surface area contributed by atoms with Crippen LogP contribution in [0.5, 0.6) is 5.75 Å². The van der Waals surface area contributed by atoms with E-state index in [0.29, 0.717) is 34.9 Å². The molecule has 4 aromatic carbocycles. The Kier molecular flexibility index (Phi) is 9.02. The van der Waals surface area contributed by atoms with Crippen molar-refractivity contribution < 1.29 is 18.7 Å². The minimum absolute atomic E-state index is 0.0632. The van der Waals surface area contributed by atoms with Gasteiger partial charge < -0.3 is 15.4 Å². The van der Waals surface area contributed by atoms with Crippen LogP contribution in [-0.4, -0.2) is 23.5 Å². The van der Waals surface area contributed by atoms with Crippen LogP contribution < -0.4 is 20.7 Å². The predicted molar refractivity (Wildman–Crippen MR) is 152 cm³/mol. The van der Waals surface area contributed by atoms with Gasteiger partial charge in [0.15, 0.2) is 5.11 Å². The summed E-state index contributed by atoms with van der Waals surface area (Å²) >= 11 is 11.1. The first-order valence-electron chi connectivity index (χ1n) is 11.6. The Hall–Kier alpha value is -4.27. The lowest BCUT2D eigenvalue weighted by molar-refractivity contribution is 0.0975. The Morgan fingerprint density at radius 1 is 0.789 bits per heavy atom. The SMILES string of the molecule is O=C(NC(=S)Nc1cccc(C(=O)Nc2ccc(F)c(Cl)c2)c1)c1cccc(OCCc2ccccc2)c1. The van der Waals surface area contributed by atoms with Gasteiger partial charge in [0.2, 0.25) is 0 Å². The molecule has 0 bridgehead atoms. The van der Waals surface area contributed by atoms with Crippen molar-refractivity contribution in [3.63, 3.8) is 0 Å². The monoisotopic (exact) mass is 547 g/mol. The van der Waals surface area contributed by atoms with Crippen molar-refractivity contribution in [2.24, 2.45) is 0 Å². The molecule has 4 aromatic rings. The van der Waals surface area contributed by atoms with Crippen LogP contribution in [0.2, 0.25) is 5.02 Å². The van der Waals surface area contributed by atoms with E-state index in [-0.39, 0.29) is 10.1 Å². The number of hydrogen-bond donors (Lipinski definition) is 3. The van der Waals surface area contributed by atoms with Crippen LogP contribution in [0.4, 0.5) is 15.8 Å². The summed E-state index contributed by atoms with van der Waals surface area (Å²) in [5.41, 5.74) is 2.73. The van der Waals surface area contributed by atoms with E-state index in [1.54, 1.807) is 48.5 Å². The molecule has 0 spiro atoms. The molecule has 0 saturated carbocycles. The number of hydrogen-bond acceptors (Lipinski definition) is 4. The number of nitrogens with one attached hydrogen (secondary N) is 3. The van der Waals surface area contributed by atoms with Gasteiger partial charge >= 0.3 is 0 Å². The zero-order valence-electron chi connectivity index (χ0n) is 20.0. The average Bonchev–Trinajstić information content (AvgIpc) is 2.91. The number of thiocarbonyl (C=S) groups is 1. The van der Waals surface area contributed by atoms with E-state index in [2.05, 4.69) is 16.0 Å². The normalized spacial score (nSPS) is 10.4. The smallest absolute Gasteiger partial charge is 0.257 e. The number of carbonyl (C=O) groups is 2. The van der Waals surface area contributed by atoms with Crippen LogP contribution in [0.1, 0.15) is 26.3 Å². The van der Waals surface area contributed by atoms with Gasteiger partial charge in [-0.1, -0.05) is 54.1 Å². The summed E-state index contributed by atoms with van der Waals surface area (Å²) in [6.07, 6.45) is 0.750. The van der Waals surface area contributed by atoms with Crippen molar-refractivity contribution in [3.8, 4) is 5.75 Å². The standard InChI is InChI=1S/C29H23ClFN3O3S/c30-25-18-23(12-13-26(25)31)32-27(35)20-8-4-10-22(16-20)33-29(38)34-28(36)21-9-5-11-24(17-21)37-15-14-19-6-2-1-3-7-19/h1-13,16-18H,14-15H2,(H,32,35)(H2,33,34,36,38). The Labute approximate surface area is 229 Å². The summed E-state index contributed by atoms with van der Waals surface area (Å²) in [4.78, 5) is 25.3. The fourth-order valence-corrected chi connectivity index (χ4v) is 3.90. The maximum absolute atomic E-state index is 13.4. The van der Waals surface area contributed by atoms with Crippen molar-refractivity contribution in [3.05, 3.63) is 125 Å². The van der Waals surface area contributed by atoms with Gasteiger partial charge in [0.1, 0.15) is 11.6 Å². The van der Waals surface area contributed by atoms with E-state index < -0.39 is 17.6 Å². The first-order chi connectivity index (χ1) is 18.4. The third-order valence-corrected chi connectivity index (χ3v) is 5.88. The highest BCUT2D eigenvalue weighted by Gasteiger charge is 2.12. The largest absolute Gasteiger partial charge is 0.493 e. The van der Waals surface area contributed by atoms with Gasteiger partial charge in [0, 0.05) is 28.9 Å². The number of carbonyl (C=O) groups excluding carboxylic acids is 2. The Balaban J connectivity index is 1.31. The third-order valence-electron chi connectivity index (χ3n) is 5.39. The predicted octanol–water partition coefficient (Wildman–Crippen LogP) is 6.48. The summed E-state index contributed by atoms with van der Waals surface area (Å²) in [5.74, 6) is -0.823. The summed E-state index contributed by atoms with van der Waals surface area (Å²) in [6, 6.07) is 27.3. The van der Waals surface area contributed by atoms with Gasteiger partial charge in [-0.25, -0.2) is 4.39 Å². The van der Waals surface area contributed by atoms with Gasteiger partial charge in [0.05, 0.1) is 11.6 Å². The summed E-state index contributed by atoms with van der Waals surface area (Å²) < 4.78 is 19.2. The molecule has 4 rings (SSSR count). The van der Waals surface area contributed by atoms with Crippen molar-refractivity contribution in [2.45, 2.75) is 6.42 Å². The molecule has 0 heterocycles. The van der Waals surface area contributed by atoms with Crippen LogP contribution in [0.15, 0.2) is 97.1 Å². The second kappa shape index (κ2) is 12.8. The fourth-order valence-electron chi connectivity index (χ4n) is 3.51. The van der Waals surface area contributed by atoms with Crippen LogP contribution in [0.3, 0.4) is 0 Å². The third kappa shape index (κ3) is 7.61. The molecule has 2 amide bonds. The lowest BCUT2D eigenvalue weighted by atomic mass is 10.1. The molecule has 6 nitrogen and oxygen atoms in total. The first-order valence-corrected chi connectivity index (χ1v) is 12.4. The summed E-state index contributed by atoms with van der Waals surface area (Å²) in [7, 11) is 0. The Bertz CT molecular complexity index is 1470. The quantitative estimate of drug-likeness (QED) is 0.220. The van der Waals surface area contributed by atoms with Crippen molar-refractivity contribution in [2.75, 3.05) is 17.2 Å². The zero-order valence-corrected chi connectivity index (χ0v) is 21.6. The first kappa shape index (κ1) is 26.8. The van der Waals surface area contributed by atoms with Crippen molar-refractivity contribution >= 4 is 52.1 Å². The molecule has 0 aromatic heterocycles. The maximum Gasteiger partial charge on any atom is 0.257 e. The molecule has 0 aliphatic carbocycles. The molecule has 3 N–H and O–H groups in total. The lowest BCUT2D eigenvalue weighted by Gasteiger charge is -2.12. The van der Waals surface area contributed by atoms with E-state index in [9.17, 15) is 14.0 Å². The molecule has 0 saturated heterocycles. The molecule has 192 valence electrons. The van der Waals surface area contributed by atoms with Crippen molar-refractivity contribution in [1.29, 1.82) is 0 Å². The topological polar surface area (TPSA) is 79.5 Å². The second-order valence-corrected chi connectivity index (χ2v) is 9.00. The molecule has 9 heteroatoms. The van der Waals surface area contributed by atoms with Crippen molar-refractivity contribution in [1.82, 2.24) is 5.32 Å². The zero-order chi connectivity index (χ0) is 26.9. The molecular formula is C29H23ClFN3O3S. The summed E-state index contributed by atoms with van der Waals surface area (Å²) in [5, 5.41) is 8.16. The van der Waals surface area contributed by atoms with Crippen LogP contribution in [0.25, 0.3) is 0 Å². The minimum atomic E-state index is -0.575. The van der Waals surface area contributed by atoms with Crippen LogP contribution >= 0.6 is 23.8 Å². The number of amides is 2. The molecule has 0 radical (unpaired) electrons. The number of anilines is 2. The molecular weight excluding hydrogens is 525 g/mol. The highest BCUT2D eigenvalue weighted by atomic mass is 35.5.